The van der Waals surface area contributed by atoms with E-state index >= 15 is 0 Å². The van der Waals surface area contributed by atoms with E-state index in [2.05, 4.69) is 10.1 Å². The molecule has 19 heavy (non-hydrogen) atoms. The van der Waals surface area contributed by atoms with Crippen LogP contribution in [0.25, 0.3) is 0 Å². The number of nitrogens with one attached hydrogen (secondary N) is 1. The third-order valence-corrected chi connectivity index (χ3v) is 3.54. The number of carbonyl (C=O) groups is 1. The molecule has 2 rings (SSSR count). The molecule has 4 nitrogen and oxygen atoms in total. The van der Waals surface area contributed by atoms with Gasteiger partial charge in [-0.1, -0.05) is 13.3 Å². The van der Waals surface area contributed by atoms with Crippen LogP contribution in [-0.4, -0.2) is 48.4 Å². The number of rotatable bonds is 6. The fourth-order valence-electron chi connectivity index (χ4n) is 2.47. The Hall–Kier alpha value is -0.820. The summed E-state index contributed by atoms with van der Waals surface area (Å²) in [4.78, 5) is 13.8. The Morgan fingerprint density at radius 1 is 1.47 bits per heavy atom. The molecule has 0 aromatic carbocycles. The van der Waals surface area contributed by atoms with Crippen LogP contribution in [0, 0.1) is 0 Å². The van der Waals surface area contributed by atoms with Crippen LogP contribution in [-0.2, 0) is 9.53 Å². The first-order valence-corrected chi connectivity index (χ1v) is 6.61. The summed E-state index contributed by atoms with van der Waals surface area (Å²) in [6, 6.07) is 0. The highest BCUT2D eigenvalue weighted by molar-refractivity contribution is 5.91. The van der Waals surface area contributed by atoms with E-state index in [1.54, 1.807) is 4.90 Å². The molecular weight excluding hydrogens is 261 g/mol. The van der Waals surface area contributed by atoms with E-state index in [0.717, 1.165) is 25.7 Å². The molecule has 1 unspecified atom stereocenters. The van der Waals surface area contributed by atoms with Crippen molar-refractivity contribution in [2.45, 2.75) is 50.5 Å². The van der Waals surface area contributed by atoms with Crippen LogP contribution in [0.15, 0.2) is 0 Å². The minimum atomic E-state index is -4.31. The van der Waals surface area contributed by atoms with Gasteiger partial charge in [-0.3, -0.25) is 10.1 Å². The van der Waals surface area contributed by atoms with Gasteiger partial charge in [-0.05, 0) is 19.3 Å². The second-order valence-corrected chi connectivity index (χ2v) is 5.20. The van der Waals surface area contributed by atoms with Gasteiger partial charge in [0.2, 0.25) is 5.91 Å². The first-order valence-electron chi connectivity index (χ1n) is 6.61. The molecule has 1 aliphatic carbocycles. The lowest BCUT2D eigenvalue weighted by Crippen LogP contribution is -2.39. The van der Waals surface area contributed by atoms with Crippen molar-refractivity contribution in [1.29, 1.82) is 0 Å². The predicted molar refractivity (Wildman–Crippen MR) is 62.4 cm³/mol. The van der Waals surface area contributed by atoms with Crippen LogP contribution in [0.2, 0.25) is 0 Å². The van der Waals surface area contributed by atoms with Crippen LogP contribution in [0.4, 0.5) is 13.2 Å². The van der Waals surface area contributed by atoms with Crippen molar-refractivity contribution in [3.05, 3.63) is 0 Å². The highest BCUT2D eigenvalue weighted by atomic mass is 19.4. The molecular formula is C12H19F3N2O2. The lowest BCUT2D eigenvalue weighted by atomic mass is 10.2. The maximum Gasteiger partial charge on any atom is 0.411 e. The molecule has 0 radical (unpaired) electrons. The van der Waals surface area contributed by atoms with Gasteiger partial charge in [-0.25, -0.2) is 0 Å². The average molecular weight is 280 g/mol. The van der Waals surface area contributed by atoms with Crippen LogP contribution in [0.3, 0.4) is 0 Å². The number of alkyl halides is 3. The summed E-state index contributed by atoms with van der Waals surface area (Å²) in [6.07, 6.45) is -0.992. The van der Waals surface area contributed by atoms with E-state index in [9.17, 15) is 18.0 Å². The maximum atomic E-state index is 12.2. The molecule has 1 N–H and O–H groups in total. The van der Waals surface area contributed by atoms with Crippen molar-refractivity contribution >= 4 is 5.91 Å². The van der Waals surface area contributed by atoms with Gasteiger partial charge < -0.3 is 9.64 Å². The molecule has 1 spiro atoms. The summed E-state index contributed by atoms with van der Waals surface area (Å²) in [5.74, 6) is 0.0153. The van der Waals surface area contributed by atoms with Crippen LogP contribution in [0.1, 0.15) is 32.6 Å². The van der Waals surface area contributed by atoms with Gasteiger partial charge in [0.1, 0.15) is 6.61 Å². The highest BCUT2D eigenvalue weighted by Crippen LogP contribution is 2.42. The fourth-order valence-corrected chi connectivity index (χ4v) is 2.47. The molecule has 1 saturated heterocycles. The Balaban J connectivity index is 1.81. The van der Waals surface area contributed by atoms with Gasteiger partial charge in [-0.15, -0.1) is 0 Å². The SMILES string of the molecule is CCCC1NC2(CC2)C(=O)N1CCOCC(F)(F)F. The van der Waals surface area contributed by atoms with E-state index in [-0.39, 0.29) is 25.2 Å². The van der Waals surface area contributed by atoms with Gasteiger partial charge in [0.15, 0.2) is 0 Å². The monoisotopic (exact) mass is 280 g/mol. The summed E-state index contributed by atoms with van der Waals surface area (Å²) in [6.45, 7) is 0.895. The molecule has 1 amide bonds. The fraction of sp³-hybridized carbons (Fsp3) is 0.917. The summed E-state index contributed by atoms with van der Waals surface area (Å²) < 4.78 is 40.4. The van der Waals surface area contributed by atoms with E-state index in [0.29, 0.717) is 0 Å². The Morgan fingerprint density at radius 2 is 2.16 bits per heavy atom. The lowest BCUT2D eigenvalue weighted by molar-refractivity contribution is -0.175. The van der Waals surface area contributed by atoms with Crippen molar-refractivity contribution in [2.75, 3.05) is 19.8 Å². The molecule has 0 bridgehead atoms. The van der Waals surface area contributed by atoms with Gasteiger partial charge in [0.05, 0.1) is 18.3 Å². The van der Waals surface area contributed by atoms with Crippen LogP contribution < -0.4 is 5.32 Å². The number of nitrogens with zero attached hydrogens (tertiary/aromatic N) is 1. The first-order chi connectivity index (χ1) is 8.88. The Bertz CT molecular complexity index is 342. The van der Waals surface area contributed by atoms with E-state index < -0.39 is 18.3 Å². The minimum absolute atomic E-state index is 0.0153. The zero-order valence-electron chi connectivity index (χ0n) is 10.9. The lowest BCUT2D eigenvalue weighted by Gasteiger charge is -2.23. The third kappa shape index (κ3) is 3.39. The summed E-state index contributed by atoms with van der Waals surface area (Å²) in [7, 11) is 0. The molecule has 110 valence electrons. The zero-order chi connectivity index (χ0) is 14.1. The topological polar surface area (TPSA) is 41.6 Å². The average Bonchev–Trinajstić information content (AvgIpc) is 3.02. The second kappa shape index (κ2) is 5.28. The number of amides is 1. The molecule has 1 saturated carbocycles. The molecule has 0 aromatic heterocycles. The number of ether oxygens (including phenoxy) is 1. The summed E-state index contributed by atoms with van der Waals surface area (Å²) >= 11 is 0. The van der Waals surface area contributed by atoms with Crippen LogP contribution >= 0.6 is 0 Å². The number of hydrogen-bond donors (Lipinski definition) is 1. The molecule has 1 heterocycles. The van der Waals surface area contributed by atoms with Gasteiger partial charge >= 0.3 is 6.18 Å². The molecule has 1 atom stereocenters. The van der Waals surface area contributed by atoms with Crippen molar-refractivity contribution in [3.8, 4) is 0 Å². The highest BCUT2D eigenvalue weighted by Gasteiger charge is 2.58. The van der Waals surface area contributed by atoms with E-state index in [4.69, 9.17) is 0 Å². The number of hydrogen-bond acceptors (Lipinski definition) is 3. The molecule has 2 fully saturated rings. The van der Waals surface area contributed by atoms with Crippen molar-refractivity contribution < 1.29 is 22.7 Å². The standard InChI is InChI=1S/C12H19F3N2O2/c1-2-3-9-16-11(4-5-11)10(18)17(9)6-7-19-8-12(13,14)15/h9,16H,2-8H2,1H3. The van der Waals surface area contributed by atoms with Crippen molar-refractivity contribution in [2.24, 2.45) is 0 Å². The largest absolute Gasteiger partial charge is 0.411 e. The number of halogens is 3. The Kier molecular flexibility index (Phi) is 4.06. The molecule has 7 heteroatoms. The smallest absolute Gasteiger partial charge is 0.370 e. The van der Waals surface area contributed by atoms with Gasteiger partial charge in [0, 0.05) is 6.54 Å². The van der Waals surface area contributed by atoms with E-state index in [1.165, 1.54) is 0 Å². The summed E-state index contributed by atoms with van der Waals surface area (Å²) in [5.41, 5.74) is -0.413. The minimum Gasteiger partial charge on any atom is -0.370 e. The predicted octanol–water partition coefficient (Wildman–Crippen LogP) is 1.66. The number of carbonyl (C=O) groups excluding carboxylic acids is 1. The maximum absolute atomic E-state index is 12.2. The first kappa shape index (κ1) is 14.6. The van der Waals surface area contributed by atoms with Gasteiger partial charge in [-0.2, -0.15) is 13.2 Å². The van der Waals surface area contributed by atoms with Gasteiger partial charge in [0.25, 0.3) is 0 Å². The molecule has 2 aliphatic rings. The third-order valence-electron chi connectivity index (χ3n) is 3.54. The Labute approximate surface area is 110 Å². The van der Waals surface area contributed by atoms with E-state index in [1.807, 2.05) is 6.92 Å². The second-order valence-electron chi connectivity index (χ2n) is 5.20. The van der Waals surface area contributed by atoms with Crippen molar-refractivity contribution in [1.82, 2.24) is 10.2 Å². The Morgan fingerprint density at radius 3 is 2.68 bits per heavy atom. The summed E-state index contributed by atoms with van der Waals surface area (Å²) in [5, 5.41) is 3.30. The molecule has 0 aromatic rings. The molecule has 1 aliphatic heterocycles. The van der Waals surface area contributed by atoms with Crippen molar-refractivity contribution in [3.63, 3.8) is 0 Å². The normalized spacial score (nSPS) is 25.4. The zero-order valence-corrected chi connectivity index (χ0v) is 10.9. The van der Waals surface area contributed by atoms with Crippen LogP contribution in [0.5, 0.6) is 0 Å². The quantitative estimate of drug-likeness (QED) is 0.752.